The smallest absolute Gasteiger partial charge is 0.0667 e. The summed E-state index contributed by atoms with van der Waals surface area (Å²) in [6.07, 6.45) is 1.95. The first-order valence-electron chi connectivity index (χ1n) is 6.11. The average molecular weight is 219 g/mol. The predicted molar refractivity (Wildman–Crippen MR) is 66.4 cm³/mol. The van der Waals surface area contributed by atoms with Crippen molar-refractivity contribution in [2.24, 2.45) is 0 Å². The van der Waals surface area contributed by atoms with Gasteiger partial charge in [-0.3, -0.25) is 4.90 Å². The molecule has 1 unspecified atom stereocenters. The van der Waals surface area contributed by atoms with Crippen LogP contribution in [0.5, 0.6) is 0 Å². The van der Waals surface area contributed by atoms with Crippen LogP contribution in [0.4, 0.5) is 0 Å². The van der Waals surface area contributed by atoms with Gasteiger partial charge in [0.1, 0.15) is 0 Å². The van der Waals surface area contributed by atoms with Gasteiger partial charge in [0.2, 0.25) is 0 Å². The SMILES string of the molecule is Cc1ccc(CN2CCCC(O)C2)cc1C. The molecule has 1 fully saturated rings. The lowest BCUT2D eigenvalue weighted by Crippen LogP contribution is -2.37. The fourth-order valence-corrected chi connectivity index (χ4v) is 2.33. The molecule has 2 rings (SSSR count). The fraction of sp³-hybridized carbons (Fsp3) is 0.571. The van der Waals surface area contributed by atoms with Crippen LogP contribution in [0.15, 0.2) is 18.2 Å². The monoisotopic (exact) mass is 219 g/mol. The van der Waals surface area contributed by atoms with Gasteiger partial charge >= 0.3 is 0 Å². The van der Waals surface area contributed by atoms with Gasteiger partial charge in [0.25, 0.3) is 0 Å². The van der Waals surface area contributed by atoms with E-state index in [1.54, 1.807) is 0 Å². The molecule has 0 radical (unpaired) electrons. The Morgan fingerprint density at radius 2 is 2.12 bits per heavy atom. The molecule has 16 heavy (non-hydrogen) atoms. The number of benzene rings is 1. The Balaban J connectivity index is 2.00. The summed E-state index contributed by atoms with van der Waals surface area (Å²) >= 11 is 0. The van der Waals surface area contributed by atoms with Crippen LogP contribution >= 0.6 is 0 Å². The molecule has 2 nitrogen and oxygen atoms in total. The van der Waals surface area contributed by atoms with Crippen molar-refractivity contribution in [2.75, 3.05) is 13.1 Å². The maximum Gasteiger partial charge on any atom is 0.0667 e. The van der Waals surface area contributed by atoms with E-state index in [0.717, 1.165) is 32.5 Å². The lowest BCUT2D eigenvalue weighted by Gasteiger charge is -2.30. The van der Waals surface area contributed by atoms with Crippen LogP contribution in [0, 0.1) is 13.8 Å². The van der Waals surface area contributed by atoms with Crippen LogP contribution in [0.1, 0.15) is 29.5 Å². The largest absolute Gasteiger partial charge is 0.392 e. The highest BCUT2D eigenvalue weighted by Crippen LogP contribution is 2.15. The molecular weight excluding hydrogens is 198 g/mol. The minimum atomic E-state index is -0.125. The van der Waals surface area contributed by atoms with E-state index in [1.807, 2.05) is 0 Å². The molecular formula is C14H21NO. The Labute approximate surface area is 97.9 Å². The molecule has 1 aliphatic rings. The summed E-state index contributed by atoms with van der Waals surface area (Å²) < 4.78 is 0. The van der Waals surface area contributed by atoms with E-state index in [4.69, 9.17) is 0 Å². The molecule has 1 heterocycles. The Hall–Kier alpha value is -0.860. The third-order valence-corrected chi connectivity index (χ3v) is 3.46. The summed E-state index contributed by atoms with van der Waals surface area (Å²) in [6, 6.07) is 6.64. The second-order valence-corrected chi connectivity index (χ2v) is 4.95. The first-order valence-corrected chi connectivity index (χ1v) is 6.11. The topological polar surface area (TPSA) is 23.5 Å². The summed E-state index contributed by atoms with van der Waals surface area (Å²) in [5.41, 5.74) is 4.06. The maximum absolute atomic E-state index is 9.61. The van der Waals surface area contributed by atoms with Crippen molar-refractivity contribution in [3.63, 3.8) is 0 Å². The molecule has 0 aliphatic carbocycles. The summed E-state index contributed by atoms with van der Waals surface area (Å²) in [5.74, 6) is 0. The van der Waals surface area contributed by atoms with E-state index in [-0.39, 0.29) is 6.10 Å². The third-order valence-electron chi connectivity index (χ3n) is 3.46. The van der Waals surface area contributed by atoms with E-state index in [2.05, 4.69) is 36.9 Å². The van der Waals surface area contributed by atoms with E-state index < -0.39 is 0 Å². The standard InChI is InChI=1S/C14H21NO/c1-11-5-6-13(8-12(11)2)9-15-7-3-4-14(16)10-15/h5-6,8,14,16H,3-4,7,9-10H2,1-2H3. The van der Waals surface area contributed by atoms with Crippen LogP contribution in [-0.4, -0.2) is 29.2 Å². The van der Waals surface area contributed by atoms with Gasteiger partial charge in [-0.15, -0.1) is 0 Å². The molecule has 1 aliphatic heterocycles. The lowest BCUT2D eigenvalue weighted by molar-refractivity contribution is 0.0668. The predicted octanol–water partition coefficient (Wildman–Crippen LogP) is 2.26. The van der Waals surface area contributed by atoms with Gasteiger partial charge in [-0.2, -0.15) is 0 Å². The summed E-state index contributed by atoms with van der Waals surface area (Å²) in [4.78, 5) is 2.35. The third kappa shape index (κ3) is 2.83. The number of β-amino-alcohol motifs (C(OH)–C–C–N with tert-alkyl or cyclic N) is 1. The van der Waals surface area contributed by atoms with Gasteiger partial charge in [0.05, 0.1) is 6.10 Å². The molecule has 0 bridgehead atoms. The molecule has 88 valence electrons. The minimum absolute atomic E-state index is 0.125. The van der Waals surface area contributed by atoms with E-state index in [9.17, 15) is 5.11 Å². The van der Waals surface area contributed by atoms with E-state index in [0.29, 0.717) is 0 Å². The number of piperidine rings is 1. The molecule has 1 N–H and O–H groups in total. The van der Waals surface area contributed by atoms with Crippen molar-refractivity contribution in [1.82, 2.24) is 4.90 Å². The van der Waals surface area contributed by atoms with Gasteiger partial charge < -0.3 is 5.11 Å². The molecule has 0 saturated carbocycles. The molecule has 0 aromatic heterocycles. The summed E-state index contributed by atoms with van der Waals surface area (Å²) in [7, 11) is 0. The van der Waals surface area contributed by atoms with Crippen LogP contribution in [-0.2, 0) is 6.54 Å². The fourth-order valence-electron chi connectivity index (χ4n) is 2.33. The van der Waals surface area contributed by atoms with Crippen LogP contribution in [0.25, 0.3) is 0 Å². The molecule has 0 spiro atoms. The Morgan fingerprint density at radius 3 is 2.81 bits per heavy atom. The van der Waals surface area contributed by atoms with Crippen LogP contribution in [0.2, 0.25) is 0 Å². The second kappa shape index (κ2) is 4.98. The van der Waals surface area contributed by atoms with E-state index in [1.165, 1.54) is 16.7 Å². The van der Waals surface area contributed by atoms with Crippen molar-refractivity contribution in [1.29, 1.82) is 0 Å². The van der Waals surface area contributed by atoms with Crippen molar-refractivity contribution in [2.45, 2.75) is 39.3 Å². The van der Waals surface area contributed by atoms with E-state index >= 15 is 0 Å². The number of nitrogens with zero attached hydrogens (tertiary/aromatic N) is 1. The molecule has 1 aromatic rings. The molecule has 1 atom stereocenters. The zero-order chi connectivity index (χ0) is 11.5. The Bertz CT molecular complexity index is 362. The minimum Gasteiger partial charge on any atom is -0.392 e. The van der Waals surface area contributed by atoms with Gasteiger partial charge in [-0.1, -0.05) is 18.2 Å². The normalized spacial score (nSPS) is 22.3. The number of rotatable bonds is 2. The van der Waals surface area contributed by atoms with Crippen molar-refractivity contribution < 1.29 is 5.11 Å². The Morgan fingerprint density at radius 1 is 1.31 bits per heavy atom. The molecule has 1 saturated heterocycles. The number of aryl methyl sites for hydroxylation is 2. The van der Waals surface area contributed by atoms with Crippen LogP contribution in [0.3, 0.4) is 0 Å². The van der Waals surface area contributed by atoms with Crippen molar-refractivity contribution >= 4 is 0 Å². The first kappa shape index (κ1) is 11.6. The highest BCUT2D eigenvalue weighted by atomic mass is 16.3. The zero-order valence-corrected chi connectivity index (χ0v) is 10.2. The number of aliphatic hydroxyl groups is 1. The Kier molecular flexibility index (Phi) is 3.62. The molecule has 0 amide bonds. The maximum atomic E-state index is 9.61. The average Bonchev–Trinajstić information content (AvgIpc) is 2.24. The van der Waals surface area contributed by atoms with Crippen LogP contribution < -0.4 is 0 Å². The number of hydrogen-bond acceptors (Lipinski definition) is 2. The van der Waals surface area contributed by atoms with Gasteiger partial charge in [0, 0.05) is 13.1 Å². The quantitative estimate of drug-likeness (QED) is 0.824. The first-order chi connectivity index (χ1) is 7.65. The molecule has 2 heteroatoms. The number of likely N-dealkylation sites (tertiary alicyclic amines) is 1. The second-order valence-electron chi connectivity index (χ2n) is 4.95. The molecule has 1 aromatic carbocycles. The van der Waals surface area contributed by atoms with Crippen molar-refractivity contribution in [3.8, 4) is 0 Å². The number of aliphatic hydroxyl groups excluding tert-OH is 1. The summed E-state index contributed by atoms with van der Waals surface area (Å²) in [5, 5.41) is 9.61. The lowest BCUT2D eigenvalue weighted by atomic mass is 10.0. The zero-order valence-electron chi connectivity index (χ0n) is 10.2. The van der Waals surface area contributed by atoms with Gasteiger partial charge in [-0.05, 0) is 49.9 Å². The van der Waals surface area contributed by atoms with Gasteiger partial charge in [0.15, 0.2) is 0 Å². The number of hydrogen-bond donors (Lipinski definition) is 1. The van der Waals surface area contributed by atoms with Crippen molar-refractivity contribution in [3.05, 3.63) is 34.9 Å². The highest BCUT2D eigenvalue weighted by Gasteiger charge is 2.17. The van der Waals surface area contributed by atoms with Gasteiger partial charge in [-0.25, -0.2) is 0 Å². The summed E-state index contributed by atoms with van der Waals surface area (Å²) in [6.45, 7) is 7.21. The highest BCUT2D eigenvalue weighted by molar-refractivity contribution is 5.29.